The molecule has 4 heteroatoms. The lowest BCUT2D eigenvalue weighted by atomic mass is 10.1. The summed E-state index contributed by atoms with van der Waals surface area (Å²) < 4.78 is 0. The Morgan fingerprint density at radius 2 is 1.68 bits per heavy atom. The molecule has 0 fully saturated rings. The van der Waals surface area contributed by atoms with Gasteiger partial charge in [0.15, 0.2) is 0 Å². The van der Waals surface area contributed by atoms with Crippen molar-refractivity contribution in [2.75, 3.05) is 5.75 Å². The van der Waals surface area contributed by atoms with Crippen molar-refractivity contribution in [3.63, 3.8) is 0 Å². The Kier molecular flexibility index (Phi) is 6.49. The number of rotatable bonds is 7. The first-order valence-corrected chi connectivity index (χ1v) is 8.35. The molecule has 0 saturated carbocycles. The van der Waals surface area contributed by atoms with Crippen molar-refractivity contribution in [1.29, 1.82) is 0 Å². The van der Waals surface area contributed by atoms with Gasteiger partial charge >= 0.3 is 0 Å². The molecule has 2 aromatic carbocycles. The van der Waals surface area contributed by atoms with E-state index >= 15 is 0 Å². The highest BCUT2D eigenvalue weighted by atomic mass is 32.2. The van der Waals surface area contributed by atoms with Crippen molar-refractivity contribution >= 4 is 17.7 Å². The minimum absolute atomic E-state index is 0.0703. The van der Waals surface area contributed by atoms with Gasteiger partial charge in [-0.3, -0.25) is 4.79 Å². The first kappa shape index (κ1) is 16.6. The maximum atomic E-state index is 12.0. The number of aliphatic hydroxyl groups is 1. The van der Waals surface area contributed by atoms with E-state index in [-0.39, 0.29) is 11.9 Å². The Morgan fingerprint density at radius 3 is 2.32 bits per heavy atom. The number of carbonyl (C=O) groups is 1. The first-order valence-electron chi connectivity index (χ1n) is 7.37. The molecular formula is C18H21NO2S. The van der Waals surface area contributed by atoms with Gasteiger partial charge < -0.3 is 10.4 Å². The minimum Gasteiger partial charge on any atom is -0.392 e. The van der Waals surface area contributed by atoms with Crippen LogP contribution in [0.1, 0.15) is 23.7 Å². The summed E-state index contributed by atoms with van der Waals surface area (Å²) in [5.74, 6) is 0.520. The molecule has 0 bridgehead atoms. The topological polar surface area (TPSA) is 49.3 Å². The average molecular weight is 315 g/mol. The highest BCUT2D eigenvalue weighted by molar-refractivity contribution is 7.99. The van der Waals surface area contributed by atoms with Crippen molar-refractivity contribution in [3.8, 4) is 0 Å². The predicted octanol–water partition coefficient (Wildman–Crippen LogP) is 3.35. The van der Waals surface area contributed by atoms with Gasteiger partial charge in [0.2, 0.25) is 0 Å². The highest BCUT2D eigenvalue weighted by Crippen LogP contribution is 2.19. The van der Waals surface area contributed by atoms with Gasteiger partial charge in [-0.2, -0.15) is 0 Å². The van der Waals surface area contributed by atoms with Crippen LogP contribution in [0.5, 0.6) is 0 Å². The van der Waals surface area contributed by atoms with E-state index in [1.807, 2.05) is 55.5 Å². The van der Waals surface area contributed by atoms with Crippen molar-refractivity contribution in [3.05, 3.63) is 66.2 Å². The quantitative estimate of drug-likeness (QED) is 0.770. The third kappa shape index (κ3) is 5.54. The minimum atomic E-state index is -0.448. The lowest BCUT2D eigenvalue weighted by Gasteiger charge is -2.17. The second-order valence-corrected chi connectivity index (χ2v) is 6.35. The summed E-state index contributed by atoms with van der Waals surface area (Å²) in [5, 5.41) is 13.0. The van der Waals surface area contributed by atoms with Crippen LogP contribution in [0.2, 0.25) is 0 Å². The van der Waals surface area contributed by atoms with Crippen LogP contribution < -0.4 is 5.32 Å². The van der Waals surface area contributed by atoms with Crippen LogP contribution in [-0.4, -0.2) is 28.9 Å². The van der Waals surface area contributed by atoms with Gasteiger partial charge in [-0.25, -0.2) is 0 Å². The SMILES string of the molecule is CC(CC(O)CSc1ccccc1)NC(=O)c1ccccc1. The van der Waals surface area contributed by atoms with Gasteiger partial charge in [-0.1, -0.05) is 36.4 Å². The van der Waals surface area contributed by atoms with Crippen LogP contribution >= 0.6 is 11.8 Å². The maximum Gasteiger partial charge on any atom is 0.251 e. The summed E-state index contributed by atoms with van der Waals surface area (Å²) in [6.45, 7) is 1.91. The fourth-order valence-corrected chi connectivity index (χ4v) is 3.01. The number of aliphatic hydroxyl groups excluding tert-OH is 1. The maximum absolute atomic E-state index is 12.0. The molecule has 2 unspecified atom stereocenters. The van der Waals surface area contributed by atoms with E-state index in [0.29, 0.717) is 17.7 Å². The van der Waals surface area contributed by atoms with Crippen LogP contribution in [-0.2, 0) is 0 Å². The van der Waals surface area contributed by atoms with Crippen molar-refractivity contribution in [2.45, 2.75) is 30.4 Å². The molecule has 0 spiro atoms. The van der Waals surface area contributed by atoms with Crippen molar-refractivity contribution in [1.82, 2.24) is 5.32 Å². The Morgan fingerprint density at radius 1 is 1.09 bits per heavy atom. The lowest BCUT2D eigenvalue weighted by molar-refractivity contribution is 0.0924. The molecule has 0 aliphatic rings. The molecular weight excluding hydrogens is 294 g/mol. The van der Waals surface area contributed by atoms with Gasteiger partial charge in [0, 0.05) is 22.3 Å². The molecule has 1 amide bonds. The van der Waals surface area contributed by atoms with Crippen molar-refractivity contribution < 1.29 is 9.90 Å². The zero-order valence-electron chi connectivity index (χ0n) is 12.6. The summed E-state index contributed by atoms with van der Waals surface area (Å²) >= 11 is 1.62. The van der Waals surface area contributed by atoms with E-state index in [2.05, 4.69) is 5.32 Å². The molecule has 3 nitrogen and oxygen atoms in total. The number of nitrogens with one attached hydrogen (secondary N) is 1. The molecule has 0 aliphatic heterocycles. The Labute approximate surface area is 135 Å². The number of hydrogen-bond acceptors (Lipinski definition) is 3. The van der Waals surface area contributed by atoms with Gasteiger partial charge in [0.1, 0.15) is 0 Å². The fraction of sp³-hybridized carbons (Fsp3) is 0.278. The van der Waals surface area contributed by atoms with Gasteiger partial charge in [-0.05, 0) is 37.6 Å². The van der Waals surface area contributed by atoms with Crippen LogP contribution in [0.3, 0.4) is 0 Å². The zero-order chi connectivity index (χ0) is 15.8. The fourth-order valence-electron chi connectivity index (χ4n) is 2.14. The lowest BCUT2D eigenvalue weighted by Crippen LogP contribution is -2.35. The summed E-state index contributed by atoms with van der Waals surface area (Å²) in [6, 6.07) is 19.0. The monoisotopic (exact) mass is 315 g/mol. The largest absolute Gasteiger partial charge is 0.392 e. The smallest absolute Gasteiger partial charge is 0.251 e. The molecule has 2 rings (SSSR count). The molecule has 0 aliphatic carbocycles. The van der Waals surface area contributed by atoms with Crippen molar-refractivity contribution in [2.24, 2.45) is 0 Å². The van der Waals surface area contributed by atoms with E-state index in [1.54, 1.807) is 23.9 Å². The third-order valence-electron chi connectivity index (χ3n) is 3.22. The number of hydrogen-bond donors (Lipinski definition) is 2. The van der Waals surface area contributed by atoms with E-state index in [4.69, 9.17) is 0 Å². The summed E-state index contributed by atoms with van der Waals surface area (Å²) in [4.78, 5) is 13.2. The molecule has 2 aromatic rings. The summed E-state index contributed by atoms with van der Waals surface area (Å²) in [6.07, 6.45) is 0.0922. The Hall–Kier alpha value is -1.78. The molecule has 0 aromatic heterocycles. The first-order chi connectivity index (χ1) is 10.6. The highest BCUT2D eigenvalue weighted by Gasteiger charge is 2.14. The van der Waals surface area contributed by atoms with Crippen LogP contribution in [0.4, 0.5) is 0 Å². The summed E-state index contributed by atoms with van der Waals surface area (Å²) in [5.41, 5.74) is 0.641. The third-order valence-corrected chi connectivity index (χ3v) is 4.38. The second-order valence-electron chi connectivity index (χ2n) is 5.25. The summed E-state index contributed by atoms with van der Waals surface area (Å²) in [7, 11) is 0. The second kappa shape index (κ2) is 8.61. The molecule has 116 valence electrons. The standard InChI is InChI=1S/C18H21NO2S/c1-14(19-18(21)15-8-4-2-5-9-15)12-16(20)13-22-17-10-6-3-7-11-17/h2-11,14,16,20H,12-13H2,1H3,(H,19,21). The van der Waals surface area contributed by atoms with Crippen LogP contribution in [0.15, 0.2) is 65.6 Å². The van der Waals surface area contributed by atoms with Gasteiger partial charge in [0.25, 0.3) is 5.91 Å². The normalized spacial score (nSPS) is 13.4. The van der Waals surface area contributed by atoms with E-state index in [9.17, 15) is 9.90 Å². The van der Waals surface area contributed by atoms with Gasteiger partial charge in [-0.15, -0.1) is 11.8 Å². The molecule has 0 saturated heterocycles. The molecule has 2 N–H and O–H groups in total. The van der Waals surface area contributed by atoms with Crippen LogP contribution in [0, 0.1) is 0 Å². The number of amides is 1. The number of thioether (sulfide) groups is 1. The number of carbonyl (C=O) groups excluding carboxylic acids is 1. The number of benzene rings is 2. The average Bonchev–Trinajstić information content (AvgIpc) is 2.54. The van der Waals surface area contributed by atoms with Gasteiger partial charge in [0.05, 0.1) is 6.10 Å². The molecule has 22 heavy (non-hydrogen) atoms. The molecule has 0 heterocycles. The van der Waals surface area contributed by atoms with E-state index < -0.39 is 6.10 Å². The Balaban J connectivity index is 1.74. The van der Waals surface area contributed by atoms with E-state index in [0.717, 1.165) is 4.90 Å². The Bertz CT molecular complexity index is 574. The van der Waals surface area contributed by atoms with E-state index in [1.165, 1.54) is 0 Å². The molecule has 2 atom stereocenters. The zero-order valence-corrected chi connectivity index (χ0v) is 13.4. The van der Waals surface area contributed by atoms with Crippen LogP contribution in [0.25, 0.3) is 0 Å². The predicted molar refractivity (Wildman–Crippen MR) is 91.2 cm³/mol. The molecule has 0 radical (unpaired) electrons.